The van der Waals surface area contributed by atoms with Gasteiger partial charge in [0.2, 0.25) is 5.91 Å². The third-order valence-corrected chi connectivity index (χ3v) is 6.86. The van der Waals surface area contributed by atoms with Gasteiger partial charge in [-0.1, -0.05) is 55.5 Å². The number of fused-ring (bicyclic) bond motifs is 1. The molecule has 33 heavy (non-hydrogen) atoms. The van der Waals surface area contributed by atoms with E-state index in [1.807, 2.05) is 13.0 Å². The molecule has 0 aromatic heterocycles. The van der Waals surface area contributed by atoms with Crippen molar-refractivity contribution in [2.75, 3.05) is 30.4 Å². The fraction of sp³-hybridized carbons (Fsp3) is 0.250. The van der Waals surface area contributed by atoms with Crippen LogP contribution in [-0.4, -0.2) is 47.1 Å². The van der Waals surface area contributed by atoms with Crippen LogP contribution in [0.15, 0.2) is 53.4 Å². The van der Waals surface area contributed by atoms with E-state index in [0.717, 1.165) is 24.6 Å². The van der Waals surface area contributed by atoms with E-state index in [9.17, 15) is 14.4 Å². The van der Waals surface area contributed by atoms with Crippen molar-refractivity contribution in [2.24, 2.45) is 0 Å². The van der Waals surface area contributed by atoms with Crippen molar-refractivity contribution in [3.8, 4) is 5.75 Å². The molecule has 4 rings (SSSR count). The molecule has 2 aliphatic rings. The summed E-state index contributed by atoms with van der Waals surface area (Å²) in [6, 6.07) is 14.1. The van der Waals surface area contributed by atoms with Crippen LogP contribution >= 0.6 is 24.0 Å². The first-order valence-electron chi connectivity index (χ1n) is 10.6. The molecule has 1 fully saturated rings. The maximum absolute atomic E-state index is 13.4. The first-order valence-corrected chi connectivity index (χ1v) is 11.8. The Hall–Kier alpha value is -3.17. The zero-order valence-corrected chi connectivity index (χ0v) is 19.9. The molecule has 0 bridgehead atoms. The third-order valence-electron chi connectivity index (χ3n) is 5.41. The maximum Gasteiger partial charge on any atom is 0.267 e. The van der Waals surface area contributed by atoms with Gasteiger partial charge in [-0.2, -0.15) is 0 Å². The monoisotopic (exact) mass is 481 g/mol. The minimum atomic E-state index is -0.378. The number of nitrogens with one attached hydrogen (secondary N) is 1. The molecule has 0 radical (unpaired) electrons. The van der Waals surface area contributed by atoms with Crippen LogP contribution in [0.1, 0.15) is 25.3 Å². The predicted molar refractivity (Wildman–Crippen MR) is 134 cm³/mol. The van der Waals surface area contributed by atoms with Crippen molar-refractivity contribution in [1.82, 2.24) is 4.90 Å². The van der Waals surface area contributed by atoms with E-state index in [1.165, 1.54) is 4.90 Å². The van der Waals surface area contributed by atoms with Gasteiger partial charge in [0, 0.05) is 17.8 Å². The van der Waals surface area contributed by atoms with E-state index in [1.54, 1.807) is 54.5 Å². The predicted octanol–water partition coefficient (Wildman–Crippen LogP) is 4.05. The summed E-state index contributed by atoms with van der Waals surface area (Å²) in [5.41, 5.74) is 2.13. The van der Waals surface area contributed by atoms with E-state index in [0.29, 0.717) is 44.0 Å². The molecule has 1 N–H and O–H groups in total. The number of para-hydroxylation sites is 1. The van der Waals surface area contributed by atoms with E-state index in [4.69, 9.17) is 17.0 Å². The summed E-state index contributed by atoms with van der Waals surface area (Å²) in [6.45, 7) is 2.39. The number of thioether (sulfide) groups is 1. The summed E-state index contributed by atoms with van der Waals surface area (Å²) in [6.07, 6.45) is 1.76. The second-order valence-electron chi connectivity index (χ2n) is 7.57. The molecule has 0 spiro atoms. The molecule has 2 aromatic carbocycles. The number of benzene rings is 2. The average Bonchev–Trinajstić information content (AvgIpc) is 3.25. The lowest BCUT2D eigenvalue weighted by molar-refractivity contribution is -0.122. The molecule has 0 unspecified atom stereocenters. The Morgan fingerprint density at radius 3 is 2.48 bits per heavy atom. The number of amides is 3. The zero-order valence-electron chi connectivity index (χ0n) is 18.3. The first-order chi connectivity index (χ1) is 15.9. The number of methoxy groups -OCH3 is 1. The van der Waals surface area contributed by atoms with Crippen LogP contribution < -0.4 is 15.0 Å². The Bertz CT molecular complexity index is 1160. The van der Waals surface area contributed by atoms with Gasteiger partial charge in [0.25, 0.3) is 11.8 Å². The standard InChI is InChI=1S/C24H23N3O4S2/c1-3-4-13-26-23(30)21(33-24(26)32)20-17-7-5-6-8-18(17)27(22(20)29)14-19(28)25-15-9-11-16(31-2)12-10-15/h5-12H,3-4,13-14H2,1-2H3,(H,25,28). The van der Waals surface area contributed by atoms with E-state index >= 15 is 0 Å². The number of hydrogen-bond donors (Lipinski definition) is 1. The highest BCUT2D eigenvalue weighted by Gasteiger charge is 2.42. The number of thiocarbonyl (C=S) groups is 1. The number of unbranched alkanes of at least 4 members (excludes halogenated alkanes) is 1. The molecular weight excluding hydrogens is 458 g/mol. The van der Waals surface area contributed by atoms with Crippen LogP contribution in [0.5, 0.6) is 5.75 Å². The quantitative estimate of drug-likeness (QED) is 0.475. The Balaban J connectivity index is 1.59. The van der Waals surface area contributed by atoms with Gasteiger partial charge in [-0.05, 0) is 36.8 Å². The van der Waals surface area contributed by atoms with Crippen molar-refractivity contribution >= 4 is 63.0 Å². The molecule has 7 nitrogen and oxygen atoms in total. The van der Waals surface area contributed by atoms with Gasteiger partial charge < -0.3 is 10.1 Å². The molecule has 0 saturated carbocycles. The minimum absolute atomic E-state index is 0.179. The van der Waals surface area contributed by atoms with Crippen LogP contribution in [0.2, 0.25) is 0 Å². The average molecular weight is 482 g/mol. The van der Waals surface area contributed by atoms with Crippen LogP contribution in [-0.2, 0) is 14.4 Å². The number of carbonyl (C=O) groups is 3. The Morgan fingerprint density at radius 2 is 1.79 bits per heavy atom. The largest absolute Gasteiger partial charge is 0.497 e. The number of anilines is 2. The van der Waals surface area contributed by atoms with Crippen LogP contribution in [0.25, 0.3) is 5.57 Å². The molecule has 2 aliphatic heterocycles. The highest BCUT2D eigenvalue weighted by atomic mass is 32.2. The fourth-order valence-corrected chi connectivity index (χ4v) is 5.11. The normalized spacial score (nSPS) is 17.6. The lowest BCUT2D eigenvalue weighted by atomic mass is 10.1. The molecule has 1 saturated heterocycles. The molecule has 0 atom stereocenters. The summed E-state index contributed by atoms with van der Waals surface area (Å²) in [5, 5.41) is 2.80. The lowest BCUT2D eigenvalue weighted by Crippen LogP contribution is -2.35. The summed E-state index contributed by atoms with van der Waals surface area (Å²) in [5.74, 6) is -0.296. The van der Waals surface area contributed by atoms with E-state index in [2.05, 4.69) is 5.32 Å². The molecule has 0 aliphatic carbocycles. The molecule has 3 amide bonds. The van der Waals surface area contributed by atoms with Gasteiger partial charge in [-0.15, -0.1) is 0 Å². The number of rotatable bonds is 7. The summed E-state index contributed by atoms with van der Waals surface area (Å²) in [4.78, 5) is 42.6. The van der Waals surface area contributed by atoms with Gasteiger partial charge in [0.1, 0.15) is 16.6 Å². The zero-order chi connectivity index (χ0) is 23.5. The smallest absolute Gasteiger partial charge is 0.267 e. The molecular formula is C24H23N3O4S2. The van der Waals surface area contributed by atoms with Crippen molar-refractivity contribution in [2.45, 2.75) is 19.8 Å². The second-order valence-corrected chi connectivity index (χ2v) is 9.21. The van der Waals surface area contributed by atoms with Gasteiger partial charge in [0.05, 0.1) is 23.3 Å². The van der Waals surface area contributed by atoms with Crippen LogP contribution in [0.3, 0.4) is 0 Å². The number of hydrogen-bond acceptors (Lipinski definition) is 6. The fourth-order valence-electron chi connectivity index (χ4n) is 3.73. The van der Waals surface area contributed by atoms with Gasteiger partial charge in [-0.25, -0.2) is 0 Å². The van der Waals surface area contributed by atoms with Gasteiger partial charge in [-0.3, -0.25) is 24.2 Å². The highest BCUT2D eigenvalue weighted by molar-refractivity contribution is 8.26. The summed E-state index contributed by atoms with van der Waals surface area (Å²) in [7, 11) is 1.57. The summed E-state index contributed by atoms with van der Waals surface area (Å²) < 4.78 is 5.58. The molecule has 9 heteroatoms. The van der Waals surface area contributed by atoms with E-state index < -0.39 is 0 Å². The third kappa shape index (κ3) is 4.51. The molecule has 2 aromatic rings. The highest BCUT2D eigenvalue weighted by Crippen LogP contribution is 2.44. The number of ether oxygens (including phenoxy) is 1. The van der Waals surface area contributed by atoms with Gasteiger partial charge in [0.15, 0.2) is 0 Å². The topological polar surface area (TPSA) is 79.0 Å². The number of nitrogens with zero attached hydrogens (tertiary/aromatic N) is 2. The van der Waals surface area contributed by atoms with Crippen LogP contribution in [0.4, 0.5) is 11.4 Å². The van der Waals surface area contributed by atoms with Crippen molar-refractivity contribution < 1.29 is 19.1 Å². The Morgan fingerprint density at radius 1 is 1.06 bits per heavy atom. The Labute approximate surface area is 201 Å². The first kappa shape index (κ1) is 23.0. The second kappa shape index (κ2) is 9.76. The van der Waals surface area contributed by atoms with Crippen molar-refractivity contribution in [3.63, 3.8) is 0 Å². The van der Waals surface area contributed by atoms with Crippen molar-refractivity contribution in [3.05, 3.63) is 59.0 Å². The minimum Gasteiger partial charge on any atom is -0.497 e. The lowest BCUT2D eigenvalue weighted by Gasteiger charge is -2.17. The SMILES string of the molecule is CCCCN1C(=O)C(=C2C(=O)N(CC(=O)Nc3ccc(OC)cc3)c3ccccc32)SC1=S. The van der Waals surface area contributed by atoms with Crippen LogP contribution in [0, 0.1) is 0 Å². The van der Waals surface area contributed by atoms with Crippen molar-refractivity contribution in [1.29, 1.82) is 0 Å². The van der Waals surface area contributed by atoms with E-state index in [-0.39, 0.29) is 24.3 Å². The van der Waals surface area contributed by atoms with Gasteiger partial charge >= 0.3 is 0 Å². The Kier molecular flexibility index (Phi) is 6.80. The molecule has 170 valence electrons. The number of carbonyl (C=O) groups excluding carboxylic acids is 3. The summed E-state index contributed by atoms with van der Waals surface area (Å²) >= 11 is 6.56. The molecule has 2 heterocycles. The maximum atomic E-state index is 13.4.